The predicted octanol–water partition coefficient (Wildman–Crippen LogP) is 3.75. The average Bonchev–Trinajstić information content (AvgIpc) is 2.95. The second kappa shape index (κ2) is 10.1. The molecule has 0 radical (unpaired) electrons. The zero-order valence-electron chi connectivity index (χ0n) is 27.3. The minimum absolute atomic E-state index is 0.0277. The highest BCUT2D eigenvalue weighted by molar-refractivity contribution is 5.86. The Labute approximate surface area is 257 Å². The molecule has 0 bridgehead atoms. The van der Waals surface area contributed by atoms with Crippen LogP contribution in [0.25, 0.3) is 0 Å². The summed E-state index contributed by atoms with van der Waals surface area (Å²) >= 11 is 0. The maximum absolute atomic E-state index is 13.1. The maximum Gasteiger partial charge on any atom is 0.186 e. The molecule has 8 heteroatoms. The Morgan fingerprint density at radius 1 is 0.907 bits per heavy atom. The van der Waals surface area contributed by atoms with Gasteiger partial charge in [-0.25, -0.2) is 0 Å². The molecule has 0 aromatic heterocycles. The van der Waals surface area contributed by atoms with Crippen molar-refractivity contribution in [2.45, 2.75) is 137 Å². The molecule has 5 N–H and O–H groups in total. The lowest BCUT2D eigenvalue weighted by Gasteiger charge is -2.71. The lowest BCUT2D eigenvalue weighted by atomic mass is 9.33. The zero-order valence-corrected chi connectivity index (χ0v) is 27.3. The normalized spacial score (nSPS) is 56.2. The summed E-state index contributed by atoms with van der Waals surface area (Å²) in [5.74, 6) is 0.957. The number of aliphatic hydroxyl groups is 5. The van der Waals surface area contributed by atoms with Crippen LogP contribution in [0.1, 0.15) is 99.8 Å². The van der Waals surface area contributed by atoms with Crippen LogP contribution in [0, 0.1) is 50.2 Å². The van der Waals surface area contributed by atoms with Gasteiger partial charge in [-0.2, -0.15) is 0 Å². The summed E-state index contributed by atoms with van der Waals surface area (Å²) in [6, 6.07) is 0. The van der Waals surface area contributed by atoms with Crippen LogP contribution >= 0.6 is 0 Å². The van der Waals surface area contributed by atoms with Crippen LogP contribution in [0.15, 0.2) is 11.6 Å². The van der Waals surface area contributed by atoms with E-state index in [2.05, 4.69) is 47.6 Å². The van der Waals surface area contributed by atoms with Crippen molar-refractivity contribution in [1.82, 2.24) is 0 Å². The van der Waals surface area contributed by atoms with Crippen molar-refractivity contribution < 1.29 is 39.8 Å². The summed E-state index contributed by atoms with van der Waals surface area (Å²) < 4.78 is 12.2. The number of carbonyl (C=O) groups is 1. The number of hydrogen-bond donors (Lipinski definition) is 5. The molecule has 0 aromatic carbocycles. The number of carbonyl (C=O) groups excluding carboxylic acids is 1. The third-order valence-corrected chi connectivity index (χ3v) is 14.9. The van der Waals surface area contributed by atoms with E-state index in [-0.39, 0.29) is 47.1 Å². The van der Waals surface area contributed by atoms with Crippen molar-refractivity contribution in [3.8, 4) is 0 Å². The van der Waals surface area contributed by atoms with Gasteiger partial charge in [0.2, 0.25) is 0 Å². The molecule has 5 unspecified atom stereocenters. The predicted molar refractivity (Wildman–Crippen MR) is 161 cm³/mol. The van der Waals surface area contributed by atoms with Crippen LogP contribution in [-0.4, -0.2) is 81.3 Å². The Morgan fingerprint density at radius 3 is 2.28 bits per heavy atom. The summed E-state index contributed by atoms with van der Waals surface area (Å²) in [4.78, 5) is 13.1. The highest BCUT2D eigenvalue weighted by atomic mass is 16.7. The SMILES string of the molecule is CC1(C)CC2C3=CCC4[C@@]5(C)CCC(=O)[C@@](C)(CO)C5CC[C@@]4(C)[C@]3(C)CC[C@@]2(C)C(O[C@@H]2OC[C@H](O)[C@H](O)[C@H]2O)C1O. The largest absolute Gasteiger partial charge is 0.395 e. The van der Waals surface area contributed by atoms with Crippen molar-refractivity contribution in [1.29, 1.82) is 0 Å². The molecule has 5 aliphatic carbocycles. The van der Waals surface area contributed by atoms with Crippen molar-refractivity contribution in [2.24, 2.45) is 50.2 Å². The van der Waals surface area contributed by atoms with Crippen molar-refractivity contribution in [3.05, 3.63) is 11.6 Å². The van der Waals surface area contributed by atoms with Gasteiger partial charge in [-0.15, -0.1) is 0 Å². The first-order valence-corrected chi connectivity index (χ1v) is 16.7. The van der Waals surface area contributed by atoms with Gasteiger partial charge in [-0.3, -0.25) is 4.79 Å². The lowest BCUT2D eigenvalue weighted by Crippen LogP contribution is -2.68. The van der Waals surface area contributed by atoms with Gasteiger partial charge in [0.05, 0.1) is 30.8 Å². The maximum atomic E-state index is 13.1. The van der Waals surface area contributed by atoms with Crippen molar-refractivity contribution >= 4 is 5.78 Å². The molecule has 0 amide bonds. The zero-order chi connectivity index (χ0) is 31.5. The molecule has 8 nitrogen and oxygen atoms in total. The smallest absolute Gasteiger partial charge is 0.186 e. The van der Waals surface area contributed by atoms with Crippen LogP contribution in [0.2, 0.25) is 0 Å². The Hall–Kier alpha value is -0.870. The van der Waals surface area contributed by atoms with Crippen LogP contribution in [0.5, 0.6) is 0 Å². The van der Waals surface area contributed by atoms with Gasteiger partial charge >= 0.3 is 0 Å². The minimum Gasteiger partial charge on any atom is -0.395 e. The fourth-order valence-electron chi connectivity index (χ4n) is 11.7. The Kier molecular flexibility index (Phi) is 7.51. The van der Waals surface area contributed by atoms with Crippen molar-refractivity contribution in [3.63, 3.8) is 0 Å². The number of hydrogen-bond acceptors (Lipinski definition) is 8. The first kappa shape index (κ1) is 32.1. The fourth-order valence-corrected chi connectivity index (χ4v) is 11.7. The average molecular weight is 605 g/mol. The monoisotopic (exact) mass is 604 g/mol. The van der Waals surface area contributed by atoms with E-state index in [9.17, 15) is 30.3 Å². The highest BCUT2D eigenvalue weighted by Gasteiger charge is 2.70. The molecule has 1 heterocycles. The summed E-state index contributed by atoms with van der Waals surface area (Å²) in [5.41, 5.74) is -0.144. The summed E-state index contributed by atoms with van der Waals surface area (Å²) in [5, 5.41) is 53.3. The van der Waals surface area contributed by atoms with Gasteiger partial charge in [0.1, 0.15) is 24.1 Å². The molecule has 6 aliphatic rings. The van der Waals surface area contributed by atoms with E-state index in [0.717, 1.165) is 44.9 Å². The van der Waals surface area contributed by atoms with E-state index in [1.165, 1.54) is 5.57 Å². The first-order valence-electron chi connectivity index (χ1n) is 16.7. The molecule has 244 valence electrons. The van der Waals surface area contributed by atoms with E-state index in [1.807, 2.05) is 6.92 Å². The molecule has 4 saturated carbocycles. The summed E-state index contributed by atoms with van der Waals surface area (Å²) in [7, 11) is 0. The van der Waals surface area contributed by atoms with Crippen LogP contribution in [0.4, 0.5) is 0 Å². The van der Waals surface area contributed by atoms with Gasteiger partial charge < -0.3 is 35.0 Å². The second-order valence-corrected chi connectivity index (χ2v) is 17.3. The molecular formula is C35H56O8. The number of ether oxygens (including phenoxy) is 2. The molecule has 14 atom stereocenters. The quantitative estimate of drug-likeness (QED) is 0.307. The number of rotatable bonds is 3. The van der Waals surface area contributed by atoms with Crippen LogP contribution in [0.3, 0.4) is 0 Å². The summed E-state index contributed by atoms with van der Waals surface area (Å²) in [6.07, 6.45) is 2.92. The molecule has 43 heavy (non-hydrogen) atoms. The standard InChI is InChI=1S/C35H56O8/c1-30(2)16-20-19-8-9-23-32(4)12-11-24(38)33(5,18-36)22(32)10-13-35(23,7)34(19,6)15-14-31(20,3)28(27(30)41)43-29-26(40)25(39)21(37)17-42-29/h8,20-23,25-29,36-37,39-41H,9-18H2,1-7H3/t20?,21-,22?,23?,25-,26+,27?,28?,29-,31+,32-,33-,34+,35+/m0/s1. The Bertz CT molecular complexity index is 1170. The van der Waals surface area contributed by atoms with Gasteiger partial charge in [-0.1, -0.05) is 60.1 Å². The number of fused-ring (bicyclic) bond motifs is 7. The molecule has 1 saturated heterocycles. The van der Waals surface area contributed by atoms with Gasteiger partial charge in [0.25, 0.3) is 0 Å². The minimum atomic E-state index is -1.41. The summed E-state index contributed by atoms with van der Waals surface area (Å²) in [6.45, 7) is 15.5. The Balaban J connectivity index is 1.37. The van der Waals surface area contributed by atoms with Crippen LogP contribution in [-0.2, 0) is 14.3 Å². The second-order valence-electron chi connectivity index (χ2n) is 17.3. The fraction of sp³-hybridized carbons (Fsp3) is 0.914. The van der Waals surface area contributed by atoms with E-state index in [1.54, 1.807) is 0 Å². The third-order valence-electron chi connectivity index (χ3n) is 14.9. The number of aliphatic hydroxyl groups excluding tert-OH is 5. The molecule has 1 aliphatic heterocycles. The molecule has 0 aromatic rings. The van der Waals surface area contributed by atoms with Crippen molar-refractivity contribution in [2.75, 3.05) is 13.2 Å². The molecule has 5 fully saturated rings. The van der Waals surface area contributed by atoms with E-state index < -0.39 is 53.1 Å². The first-order chi connectivity index (χ1) is 19.9. The topological polar surface area (TPSA) is 137 Å². The number of allylic oxidation sites excluding steroid dienone is 2. The third kappa shape index (κ3) is 4.15. The van der Waals surface area contributed by atoms with Gasteiger partial charge in [-0.05, 0) is 84.4 Å². The van der Waals surface area contributed by atoms with Gasteiger partial charge in [0.15, 0.2) is 6.29 Å². The van der Waals surface area contributed by atoms with E-state index in [4.69, 9.17) is 9.47 Å². The van der Waals surface area contributed by atoms with Gasteiger partial charge in [0, 0.05) is 11.8 Å². The number of Topliss-reactive ketones (excluding diaryl/α,β-unsaturated/α-hetero) is 1. The Morgan fingerprint density at radius 2 is 1.60 bits per heavy atom. The number of ketones is 1. The molecule has 6 rings (SSSR count). The van der Waals surface area contributed by atoms with E-state index >= 15 is 0 Å². The van der Waals surface area contributed by atoms with Crippen LogP contribution < -0.4 is 0 Å². The molecular weight excluding hydrogens is 548 g/mol. The highest BCUT2D eigenvalue weighted by Crippen LogP contribution is 2.75. The molecule has 0 spiro atoms. The van der Waals surface area contributed by atoms with E-state index in [0.29, 0.717) is 12.3 Å². The lowest BCUT2D eigenvalue weighted by molar-refractivity contribution is -0.321.